The zero-order valence-electron chi connectivity index (χ0n) is 15.0. The lowest BCUT2D eigenvalue weighted by Crippen LogP contribution is -2.57. The van der Waals surface area contributed by atoms with Gasteiger partial charge in [0.15, 0.2) is 0 Å². The van der Waals surface area contributed by atoms with Crippen molar-refractivity contribution in [2.45, 2.75) is 30.1 Å². The largest absolute Gasteiger partial charge is 0.465 e. The van der Waals surface area contributed by atoms with Gasteiger partial charge in [0.05, 0.1) is 7.11 Å². The second-order valence-corrected chi connectivity index (χ2v) is 6.68. The van der Waals surface area contributed by atoms with E-state index in [1.807, 2.05) is 30.3 Å². The number of methoxy groups -OCH3 is 1. The minimum Gasteiger partial charge on any atom is -0.465 e. The van der Waals surface area contributed by atoms with Gasteiger partial charge in [0.2, 0.25) is 0 Å². The number of carbonyl (C=O) groups excluding carboxylic acids is 2. The van der Waals surface area contributed by atoms with Crippen molar-refractivity contribution in [2.75, 3.05) is 13.7 Å². The zero-order chi connectivity index (χ0) is 19.3. The first-order chi connectivity index (χ1) is 13.0. The van der Waals surface area contributed by atoms with Crippen LogP contribution in [0, 0.1) is 0 Å². The number of rotatable bonds is 5. The molecule has 1 aliphatic rings. The Kier molecular flexibility index (Phi) is 5.91. The summed E-state index contributed by atoms with van der Waals surface area (Å²) in [6, 6.07) is 16.2. The number of nitrogens with zero attached hydrogens (tertiary/aromatic N) is 1. The van der Waals surface area contributed by atoms with E-state index in [4.69, 9.17) is 14.2 Å². The summed E-state index contributed by atoms with van der Waals surface area (Å²) in [7, 11) is 1.27. The minimum atomic E-state index is -1.54. The van der Waals surface area contributed by atoms with Gasteiger partial charge in [0, 0.05) is 17.9 Å². The highest BCUT2D eigenvalue weighted by molar-refractivity contribution is 7.80. The van der Waals surface area contributed by atoms with Crippen LogP contribution in [-0.2, 0) is 20.9 Å². The second-order valence-electron chi connectivity index (χ2n) is 6.17. The number of hydrogen-bond acceptors (Lipinski definition) is 6. The van der Waals surface area contributed by atoms with Crippen LogP contribution in [0.2, 0.25) is 0 Å². The van der Waals surface area contributed by atoms with Crippen LogP contribution < -0.4 is 4.74 Å². The number of esters is 1. The third-order valence-electron chi connectivity index (χ3n) is 4.39. The topological polar surface area (TPSA) is 65.1 Å². The van der Waals surface area contributed by atoms with Crippen molar-refractivity contribution in [3.8, 4) is 5.75 Å². The Labute approximate surface area is 163 Å². The fourth-order valence-corrected chi connectivity index (χ4v) is 3.21. The molecule has 0 N–H and O–H groups in total. The summed E-state index contributed by atoms with van der Waals surface area (Å²) < 4.78 is 16.3. The Balaban J connectivity index is 1.79. The van der Waals surface area contributed by atoms with Gasteiger partial charge in [0.25, 0.3) is 5.72 Å². The average molecular weight is 387 g/mol. The average Bonchev–Trinajstić information content (AvgIpc) is 3.13. The molecule has 2 aromatic carbocycles. The molecule has 1 amide bonds. The molecule has 0 bridgehead atoms. The lowest BCUT2D eigenvalue weighted by Gasteiger charge is -2.35. The molecule has 27 heavy (non-hydrogen) atoms. The number of ether oxygens (including phenoxy) is 3. The van der Waals surface area contributed by atoms with Crippen LogP contribution in [0.3, 0.4) is 0 Å². The molecular weight excluding hydrogens is 366 g/mol. The summed E-state index contributed by atoms with van der Waals surface area (Å²) in [4.78, 5) is 27.4. The van der Waals surface area contributed by atoms with Crippen LogP contribution in [0.4, 0.5) is 4.79 Å². The first-order valence-corrected chi connectivity index (χ1v) is 9.05. The van der Waals surface area contributed by atoms with Crippen molar-refractivity contribution in [3.05, 3.63) is 60.2 Å². The van der Waals surface area contributed by atoms with E-state index >= 15 is 0 Å². The van der Waals surface area contributed by atoms with Crippen LogP contribution in [0.5, 0.6) is 5.75 Å². The molecule has 1 aliphatic heterocycles. The predicted octanol–water partition coefficient (Wildman–Crippen LogP) is 3.66. The van der Waals surface area contributed by atoms with Gasteiger partial charge in [-0.05, 0) is 36.2 Å². The number of amides is 1. The van der Waals surface area contributed by atoms with Crippen molar-refractivity contribution in [1.29, 1.82) is 0 Å². The van der Waals surface area contributed by atoms with Gasteiger partial charge in [-0.15, -0.1) is 12.6 Å². The number of likely N-dealkylation sites (tertiary alicyclic amines) is 1. The molecule has 0 aromatic heterocycles. The number of thiol groups is 1. The molecule has 0 saturated carbocycles. The molecule has 6 nitrogen and oxygen atoms in total. The fourth-order valence-electron chi connectivity index (χ4n) is 3.06. The monoisotopic (exact) mass is 387 g/mol. The van der Waals surface area contributed by atoms with Crippen LogP contribution >= 0.6 is 12.6 Å². The lowest BCUT2D eigenvalue weighted by molar-refractivity contribution is -0.172. The van der Waals surface area contributed by atoms with Crippen molar-refractivity contribution < 1.29 is 23.8 Å². The number of benzene rings is 2. The first kappa shape index (κ1) is 19.1. The van der Waals surface area contributed by atoms with Gasteiger partial charge in [-0.2, -0.15) is 0 Å². The van der Waals surface area contributed by atoms with Gasteiger partial charge in [-0.1, -0.05) is 30.3 Å². The third-order valence-corrected chi connectivity index (χ3v) is 4.68. The van der Waals surface area contributed by atoms with E-state index in [0.29, 0.717) is 25.1 Å². The van der Waals surface area contributed by atoms with E-state index in [9.17, 15) is 9.59 Å². The molecule has 2 aromatic rings. The molecule has 142 valence electrons. The Morgan fingerprint density at radius 2 is 1.81 bits per heavy atom. The fraction of sp³-hybridized carbons (Fsp3) is 0.300. The zero-order valence-corrected chi connectivity index (χ0v) is 15.9. The van der Waals surface area contributed by atoms with Crippen LogP contribution in [0.25, 0.3) is 0 Å². The molecule has 0 aliphatic carbocycles. The highest BCUT2D eigenvalue weighted by Crippen LogP contribution is 2.34. The molecule has 1 saturated heterocycles. The Bertz CT molecular complexity index is 796. The summed E-state index contributed by atoms with van der Waals surface area (Å²) in [6.07, 6.45) is 0.302. The quantitative estimate of drug-likeness (QED) is 0.627. The maximum Gasteiger partial charge on any atom is 0.413 e. The number of hydrogen-bond donors (Lipinski definition) is 1. The van der Waals surface area contributed by atoms with E-state index in [2.05, 4.69) is 12.6 Å². The SMILES string of the molecule is COC(=O)[C@]1(Oc2ccc(S)cc2)CCCN1C(=O)OCc1ccccc1. The summed E-state index contributed by atoms with van der Waals surface area (Å²) >= 11 is 4.24. The van der Waals surface area contributed by atoms with E-state index in [1.54, 1.807) is 24.3 Å². The van der Waals surface area contributed by atoms with Gasteiger partial charge in [-0.3, -0.25) is 4.90 Å². The van der Waals surface area contributed by atoms with Crippen LogP contribution in [-0.4, -0.2) is 36.3 Å². The minimum absolute atomic E-state index is 0.113. The highest BCUT2D eigenvalue weighted by Gasteiger charge is 2.54. The maximum atomic E-state index is 12.7. The van der Waals surface area contributed by atoms with E-state index in [1.165, 1.54) is 12.0 Å². The summed E-state index contributed by atoms with van der Waals surface area (Å²) in [5, 5.41) is 0. The first-order valence-electron chi connectivity index (χ1n) is 8.60. The molecule has 0 radical (unpaired) electrons. The Hall–Kier alpha value is -2.67. The van der Waals surface area contributed by atoms with E-state index in [-0.39, 0.29) is 6.61 Å². The molecule has 0 spiro atoms. The van der Waals surface area contributed by atoms with Crippen LogP contribution in [0.15, 0.2) is 59.5 Å². The van der Waals surface area contributed by atoms with Gasteiger partial charge in [0.1, 0.15) is 12.4 Å². The van der Waals surface area contributed by atoms with Gasteiger partial charge >= 0.3 is 12.1 Å². The third kappa shape index (κ3) is 4.19. The van der Waals surface area contributed by atoms with Crippen molar-refractivity contribution in [3.63, 3.8) is 0 Å². The van der Waals surface area contributed by atoms with Crippen molar-refractivity contribution >= 4 is 24.7 Å². The molecule has 1 heterocycles. The van der Waals surface area contributed by atoms with E-state index < -0.39 is 17.8 Å². The Morgan fingerprint density at radius 3 is 2.48 bits per heavy atom. The molecular formula is C20H21NO5S. The predicted molar refractivity (Wildman–Crippen MR) is 102 cm³/mol. The van der Waals surface area contributed by atoms with Crippen LogP contribution in [0.1, 0.15) is 18.4 Å². The molecule has 1 fully saturated rings. The lowest BCUT2D eigenvalue weighted by atomic mass is 10.1. The van der Waals surface area contributed by atoms with Gasteiger partial charge < -0.3 is 14.2 Å². The number of carbonyl (C=O) groups is 2. The van der Waals surface area contributed by atoms with Gasteiger partial charge in [-0.25, -0.2) is 9.59 Å². The Morgan fingerprint density at radius 1 is 1.11 bits per heavy atom. The smallest absolute Gasteiger partial charge is 0.413 e. The summed E-state index contributed by atoms with van der Waals surface area (Å²) in [6.45, 7) is 0.454. The normalized spacial score (nSPS) is 18.8. The molecule has 0 unspecified atom stereocenters. The summed E-state index contributed by atoms with van der Waals surface area (Å²) in [5.74, 6) is -0.187. The van der Waals surface area contributed by atoms with Crippen molar-refractivity contribution in [2.24, 2.45) is 0 Å². The molecule has 7 heteroatoms. The second kappa shape index (κ2) is 8.35. The van der Waals surface area contributed by atoms with Crippen molar-refractivity contribution in [1.82, 2.24) is 4.90 Å². The maximum absolute atomic E-state index is 12.7. The summed E-state index contributed by atoms with van der Waals surface area (Å²) in [5.41, 5.74) is -0.681. The molecule has 1 atom stereocenters. The highest BCUT2D eigenvalue weighted by atomic mass is 32.1. The van der Waals surface area contributed by atoms with E-state index in [0.717, 1.165) is 10.5 Å². The standard InChI is InChI=1S/C20H21NO5S/c1-24-18(22)20(26-16-8-10-17(27)11-9-16)12-5-13-21(20)19(23)25-14-15-6-3-2-4-7-15/h2-4,6-11,27H,5,12-14H2,1H3/t20-/m1/s1. The molecule has 3 rings (SSSR count).